The van der Waals surface area contributed by atoms with Crippen molar-refractivity contribution in [1.29, 1.82) is 0 Å². The third-order valence-electron chi connectivity index (χ3n) is 5.05. The van der Waals surface area contributed by atoms with E-state index in [-0.39, 0.29) is 5.91 Å². The number of aryl methyl sites for hydroxylation is 1. The molecule has 4 rings (SSSR count). The molecule has 0 spiro atoms. The zero-order valence-corrected chi connectivity index (χ0v) is 18.5. The number of amides is 1. The molecule has 1 aromatic heterocycles. The second kappa shape index (κ2) is 9.18. The molecule has 0 bridgehead atoms. The first-order chi connectivity index (χ1) is 15.1. The highest BCUT2D eigenvalue weighted by atomic mass is 32.2. The van der Waals surface area contributed by atoms with Gasteiger partial charge in [0.1, 0.15) is 16.5 Å². The van der Waals surface area contributed by atoms with Crippen LogP contribution in [-0.4, -0.2) is 29.0 Å². The molecule has 31 heavy (non-hydrogen) atoms. The lowest BCUT2D eigenvalue weighted by Gasteiger charge is -2.13. The van der Waals surface area contributed by atoms with Crippen LogP contribution in [-0.2, 0) is 0 Å². The first kappa shape index (κ1) is 20.9. The smallest absolute Gasteiger partial charge is 0.259 e. The average Bonchev–Trinajstić information content (AvgIpc) is 2.81. The number of hydrogen-bond donors (Lipinski definition) is 1. The van der Waals surface area contributed by atoms with Gasteiger partial charge in [-0.05, 0) is 36.4 Å². The van der Waals surface area contributed by atoms with Crippen molar-refractivity contribution < 1.29 is 9.53 Å². The number of carbonyl (C=O) groups is 1. The van der Waals surface area contributed by atoms with Crippen LogP contribution in [0.4, 0.5) is 5.69 Å². The minimum Gasteiger partial charge on any atom is -0.496 e. The SMILES string of the molecule is CCSc1nnc(-c2ccc(C)c(NC(=O)c3ccccc3OC)c2)c2ccccc12. The van der Waals surface area contributed by atoms with Crippen molar-refractivity contribution in [1.82, 2.24) is 10.2 Å². The molecule has 1 amide bonds. The maximum Gasteiger partial charge on any atom is 0.259 e. The largest absolute Gasteiger partial charge is 0.496 e. The number of hydrogen-bond acceptors (Lipinski definition) is 5. The maximum atomic E-state index is 12.9. The summed E-state index contributed by atoms with van der Waals surface area (Å²) in [6, 6.07) is 21.3. The van der Waals surface area contributed by atoms with Crippen LogP contribution >= 0.6 is 11.8 Å². The third kappa shape index (κ3) is 4.25. The Labute approximate surface area is 185 Å². The first-order valence-electron chi connectivity index (χ1n) is 10.1. The third-order valence-corrected chi connectivity index (χ3v) is 5.91. The van der Waals surface area contributed by atoms with Gasteiger partial charge in [0.2, 0.25) is 0 Å². The van der Waals surface area contributed by atoms with Crippen LogP contribution in [0.15, 0.2) is 71.8 Å². The van der Waals surface area contributed by atoms with Crippen LogP contribution < -0.4 is 10.1 Å². The number of para-hydroxylation sites is 1. The summed E-state index contributed by atoms with van der Waals surface area (Å²) in [5.41, 5.74) is 3.87. The quantitative estimate of drug-likeness (QED) is 0.382. The Bertz CT molecular complexity index is 1260. The van der Waals surface area contributed by atoms with Gasteiger partial charge in [-0.25, -0.2) is 0 Å². The fourth-order valence-corrected chi connectivity index (χ4v) is 4.17. The van der Waals surface area contributed by atoms with Gasteiger partial charge in [-0.2, -0.15) is 0 Å². The van der Waals surface area contributed by atoms with E-state index in [4.69, 9.17) is 4.74 Å². The Morgan fingerprint density at radius 2 is 1.74 bits per heavy atom. The Morgan fingerprint density at radius 3 is 2.52 bits per heavy atom. The molecule has 0 saturated heterocycles. The lowest BCUT2D eigenvalue weighted by molar-refractivity contribution is 0.102. The van der Waals surface area contributed by atoms with E-state index in [2.05, 4.69) is 34.6 Å². The molecule has 0 aliphatic rings. The maximum absolute atomic E-state index is 12.9. The van der Waals surface area contributed by atoms with Gasteiger partial charge in [0.25, 0.3) is 5.91 Å². The molecule has 0 unspecified atom stereocenters. The summed E-state index contributed by atoms with van der Waals surface area (Å²) in [5, 5.41) is 15.1. The van der Waals surface area contributed by atoms with E-state index < -0.39 is 0 Å². The predicted octanol–water partition coefficient (Wildman–Crippen LogP) is 5.98. The summed E-state index contributed by atoms with van der Waals surface area (Å²) >= 11 is 1.68. The van der Waals surface area contributed by atoms with Crippen molar-refractivity contribution in [3.8, 4) is 17.0 Å². The zero-order chi connectivity index (χ0) is 21.8. The molecule has 4 aromatic rings. The van der Waals surface area contributed by atoms with E-state index in [0.717, 1.165) is 44.1 Å². The van der Waals surface area contributed by atoms with Gasteiger partial charge in [-0.1, -0.05) is 55.5 Å². The lowest BCUT2D eigenvalue weighted by atomic mass is 10.0. The van der Waals surface area contributed by atoms with Crippen molar-refractivity contribution in [2.75, 3.05) is 18.2 Å². The summed E-state index contributed by atoms with van der Waals surface area (Å²) in [5.74, 6) is 1.25. The summed E-state index contributed by atoms with van der Waals surface area (Å²) in [4.78, 5) is 12.9. The Hall–Kier alpha value is -3.38. The molecular weight excluding hydrogens is 406 g/mol. The minimum absolute atomic E-state index is 0.219. The molecule has 0 radical (unpaired) electrons. The summed E-state index contributed by atoms with van der Waals surface area (Å²) in [6.45, 7) is 4.07. The van der Waals surface area contributed by atoms with Gasteiger partial charge >= 0.3 is 0 Å². The number of nitrogens with one attached hydrogen (secondary N) is 1. The predicted molar refractivity (Wildman–Crippen MR) is 127 cm³/mol. The van der Waals surface area contributed by atoms with Crippen LogP contribution in [0.2, 0.25) is 0 Å². The summed E-state index contributed by atoms with van der Waals surface area (Å²) in [6.07, 6.45) is 0. The fourth-order valence-electron chi connectivity index (χ4n) is 3.46. The van der Waals surface area contributed by atoms with E-state index in [1.807, 2.05) is 49.4 Å². The van der Waals surface area contributed by atoms with Crippen LogP contribution in [0.25, 0.3) is 22.0 Å². The monoisotopic (exact) mass is 429 g/mol. The molecule has 0 saturated carbocycles. The summed E-state index contributed by atoms with van der Waals surface area (Å²) in [7, 11) is 1.56. The number of nitrogens with zero attached hydrogens (tertiary/aromatic N) is 2. The molecular formula is C25H23N3O2S. The number of ether oxygens (including phenoxy) is 1. The van der Waals surface area contributed by atoms with Gasteiger partial charge < -0.3 is 10.1 Å². The highest BCUT2D eigenvalue weighted by molar-refractivity contribution is 7.99. The van der Waals surface area contributed by atoms with Crippen LogP contribution in [0.1, 0.15) is 22.8 Å². The van der Waals surface area contributed by atoms with Crippen LogP contribution in [0.3, 0.4) is 0 Å². The molecule has 5 nitrogen and oxygen atoms in total. The Balaban J connectivity index is 1.74. The number of methoxy groups -OCH3 is 1. The standard InChI is InChI=1S/C25H23N3O2S/c1-4-31-25-19-10-6-5-9-18(19)23(27-28-25)17-14-13-16(2)21(15-17)26-24(29)20-11-7-8-12-22(20)30-3/h5-15H,4H2,1-3H3,(H,26,29). The Kier molecular flexibility index (Phi) is 6.18. The topological polar surface area (TPSA) is 64.1 Å². The van der Waals surface area contributed by atoms with Gasteiger partial charge in [-0.3, -0.25) is 4.79 Å². The number of fused-ring (bicyclic) bond motifs is 1. The number of thioether (sulfide) groups is 1. The van der Waals surface area contributed by atoms with Crippen molar-refractivity contribution in [2.24, 2.45) is 0 Å². The van der Waals surface area contributed by atoms with E-state index >= 15 is 0 Å². The number of anilines is 1. The van der Waals surface area contributed by atoms with E-state index in [0.29, 0.717) is 11.3 Å². The second-order valence-corrected chi connectivity index (χ2v) is 8.27. The summed E-state index contributed by atoms with van der Waals surface area (Å²) < 4.78 is 5.33. The van der Waals surface area contributed by atoms with Crippen LogP contribution in [0.5, 0.6) is 5.75 Å². The molecule has 6 heteroatoms. The van der Waals surface area contributed by atoms with E-state index in [9.17, 15) is 4.79 Å². The molecule has 156 valence electrons. The minimum atomic E-state index is -0.219. The van der Waals surface area contributed by atoms with Gasteiger partial charge in [0.15, 0.2) is 0 Å². The highest BCUT2D eigenvalue weighted by Gasteiger charge is 2.15. The van der Waals surface area contributed by atoms with Gasteiger partial charge in [0, 0.05) is 22.0 Å². The van der Waals surface area contributed by atoms with Crippen molar-refractivity contribution in [2.45, 2.75) is 18.9 Å². The lowest BCUT2D eigenvalue weighted by Crippen LogP contribution is -2.14. The van der Waals surface area contributed by atoms with E-state index in [1.54, 1.807) is 31.0 Å². The zero-order valence-electron chi connectivity index (χ0n) is 17.7. The van der Waals surface area contributed by atoms with Crippen molar-refractivity contribution >= 4 is 34.1 Å². The molecule has 3 aromatic carbocycles. The first-order valence-corrected chi connectivity index (χ1v) is 11.0. The molecule has 1 N–H and O–H groups in total. The van der Waals surface area contributed by atoms with Crippen molar-refractivity contribution in [3.05, 3.63) is 77.9 Å². The van der Waals surface area contributed by atoms with E-state index in [1.165, 1.54) is 0 Å². The molecule has 0 aliphatic carbocycles. The Morgan fingerprint density at radius 1 is 1.00 bits per heavy atom. The van der Waals surface area contributed by atoms with Gasteiger partial charge in [-0.15, -0.1) is 22.0 Å². The van der Waals surface area contributed by atoms with Gasteiger partial charge in [0.05, 0.1) is 12.7 Å². The second-order valence-electron chi connectivity index (χ2n) is 7.02. The number of carbonyl (C=O) groups excluding carboxylic acids is 1. The molecule has 0 aliphatic heterocycles. The average molecular weight is 430 g/mol. The highest BCUT2D eigenvalue weighted by Crippen LogP contribution is 2.33. The number of rotatable bonds is 6. The molecule has 0 atom stereocenters. The normalized spacial score (nSPS) is 10.8. The fraction of sp³-hybridized carbons (Fsp3) is 0.160. The van der Waals surface area contributed by atoms with Crippen LogP contribution in [0, 0.1) is 6.92 Å². The molecule has 1 heterocycles. The number of aromatic nitrogens is 2. The number of benzene rings is 3. The molecule has 0 fully saturated rings. The van der Waals surface area contributed by atoms with Crippen molar-refractivity contribution in [3.63, 3.8) is 0 Å².